The van der Waals surface area contributed by atoms with Crippen molar-refractivity contribution in [1.82, 2.24) is 4.98 Å². The van der Waals surface area contributed by atoms with Crippen LogP contribution >= 0.6 is 0 Å². The van der Waals surface area contributed by atoms with Gasteiger partial charge in [-0.3, -0.25) is 9.78 Å². The lowest BCUT2D eigenvalue weighted by atomic mass is 10.2. The maximum absolute atomic E-state index is 11.0. The highest BCUT2D eigenvalue weighted by molar-refractivity contribution is 5.72. The topological polar surface area (TPSA) is 59.4 Å². The van der Waals surface area contributed by atoms with E-state index in [-0.39, 0.29) is 18.1 Å². The van der Waals surface area contributed by atoms with Gasteiger partial charge in [-0.25, -0.2) is 0 Å². The predicted octanol–water partition coefficient (Wildman–Crippen LogP) is 1.75. The summed E-state index contributed by atoms with van der Waals surface area (Å²) in [5.74, 6) is -0.157. The second-order valence-electron chi connectivity index (χ2n) is 2.89. The number of rotatable bonds is 4. The first-order valence-corrected chi connectivity index (χ1v) is 4.68. The first-order chi connectivity index (χ1) is 7.22. The highest BCUT2D eigenvalue weighted by atomic mass is 16.5. The van der Waals surface area contributed by atoms with Gasteiger partial charge in [0.2, 0.25) is 0 Å². The molecule has 0 spiro atoms. The maximum atomic E-state index is 11.0. The molecule has 0 amide bonds. The molecule has 1 rings (SSSR count). The average Bonchev–Trinajstić information content (AvgIpc) is 2.18. The monoisotopic (exact) mass is 207 g/mol. The van der Waals surface area contributed by atoms with Gasteiger partial charge in [-0.1, -0.05) is 12.2 Å². The van der Waals surface area contributed by atoms with Gasteiger partial charge < -0.3 is 9.84 Å². The second kappa shape index (κ2) is 5.80. The number of aromatic hydroxyl groups is 1. The Morgan fingerprint density at radius 1 is 1.60 bits per heavy atom. The van der Waals surface area contributed by atoms with Gasteiger partial charge in [-0.05, 0) is 18.6 Å². The fourth-order valence-corrected chi connectivity index (χ4v) is 1.05. The van der Waals surface area contributed by atoms with Gasteiger partial charge in [0.25, 0.3) is 0 Å². The van der Waals surface area contributed by atoms with Crippen LogP contribution < -0.4 is 0 Å². The van der Waals surface area contributed by atoms with Crippen molar-refractivity contribution in [3.8, 4) is 5.75 Å². The van der Waals surface area contributed by atoms with Gasteiger partial charge in [0, 0.05) is 6.20 Å². The van der Waals surface area contributed by atoms with E-state index < -0.39 is 0 Å². The summed E-state index contributed by atoms with van der Waals surface area (Å²) in [4.78, 5) is 14.8. The van der Waals surface area contributed by atoms with Crippen LogP contribution in [0.2, 0.25) is 0 Å². The Bertz CT molecular complexity index is 361. The zero-order valence-corrected chi connectivity index (χ0v) is 8.51. The number of hydrogen-bond acceptors (Lipinski definition) is 4. The first-order valence-electron chi connectivity index (χ1n) is 4.68. The summed E-state index contributed by atoms with van der Waals surface area (Å²) < 4.78 is 4.75. The summed E-state index contributed by atoms with van der Waals surface area (Å²) in [6, 6.07) is 1.56. The lowest BCUT2D eigenvalue weighted by molar-refractivity contribution is -0.142. The Kier molecular flexibility index (Phi) is 4.34. The van der Waals surface area contributed by atoms with Gasteiger partial charge in [0.15, 0.2) is 0 Å². The largest absolute Gasteiger partial charge is 0.506 e. The molecule has 0 aliphatic rings. The molecule has 0 aliphatic carbocycles. The Morgan fingerprint density at radius 2 is 2.40 bits per heavy atom. The van der Waals surface area contributed by atoms with Crippen molar-refractivity contribution in [3.63, 3.8) is 0 Å². The van der Waals surface area contributed by atoms with E-state index in [0.29, 0.717) is 6.61 Å². The highest BCUT2D eigenvalue weighted by Gasteiger charge is 1.96. The summed E-state index contributed by atoms with van der Waals surface area (Å²) in [5, 5.41) is 9.12. The van der Waals surface area contributed by atoms with Crippen molar-refractivity contribution in [2.45, 2.75) is 13.3 Å². The highest BCUT2D eigenvalue weighted by Crippen LogP contribution is 2.10. The van der Waals surface area contributed by atoms with Crippen molar-refractivity contribution in [2.75, 3.05) is 6.61 Å². The number of esters is 1. The lowest BCUT2D eigenvalue weighted by Gasteiger charge is -1.97. The molecule has 4 nitrogen and oxygen atoms in total. The van der Waals surface area contributed by atoms with Crippen LogP contribution in [-0.2, 0) is 9.53 Å². The molecule has 0 saturated carbocycles. The summed E-state index contributed by atoms with van der Waals surface area (Å²) in [6.45, 7) is 2.15. The minimum Gasteiger partial charge on any atom is -0.506 e. The van der Waals surface area contributed by atoms with E-state index in [0.717, 1.165) is 5.56 Å². The van der Waals surface area contributed by atoms with E-state index in [9.17, 15) is 4.79 Å². The molecular weight excluding hydrogens is 194 g/mol. The van der Waals surface area contributed by atoms with Gasteiger partial charge in [0.05, 0.1) is 19.2 Å². The number of hydrogen-bond donors (Lipinski definition) is 1. The van der Waals surface area contributed by atoms with Crippen LogP contribution in [0.3, 0.4) is 0 Å². The molecule has 4 heteroatoms. The molecular formula is C11H13NO3. The van der Waals surface area contributed by atoms with Crippen LogP contribution in [-0.4, -0.2) is 22.7 Å². The summed E-state index contributed by atoms with van der Waals surface area (Å²) in [6.07, 6.45) is 6.56. The molecule has 0 atom stereocenters. The number of aromatic nitrogens is 1. The predicted molar refractivity (Wildman–Crippen MR) is 56.2 cm³/mol. The first kappa shape index (κ1) is 11.2. The minimum absolute atomic E-state index is 0.105. The molecule has 80 valence electrons. The van der Waals surface area contributed by atoms with E-state index in [1.165, 1.54) is 6.20 Å². The summed E-state index contributed by atoms with van der Waals surface area (Å²) in [5.41, 5.74) is 0.749. The molecule has 0 aromatic carbocycles. The van der Waals surface area contributed by atoms with Crippen LogP contribution in [0.5, 0.6) is 5.75 Å². The lowest BCUT2D eigenvalue weighted by Crippen LogP contribution is -2.01. The molecule has 0 bridgehead atoms. The molecule has 1 heterocycles. The smallest absolute Gasteiger partial charge is 0.309 e. The molecule has 0 unspecified atom stereocenters. The molecule has 15 heavy (non-hydrogen) atoms. The molecule has 1 aromatic heterocycles. The number of carbonyl (C=O) groups is 1. The van der Waals surface area contributed by atoms with Gasteiger partial charge in [-0.2, -0.15) is 0 Å². The van der Waals surface area contributed by atoms with E-state index in [1.807, 2.05) is 0 Å². The Labute approximate surface area is 88.2 Å². The van der Waals surface area contributed by atoms with Crippen LogP contribution in [0.25, 0.3) is 6.08 Å². The van der Waals surface area contributed by atoms with Crippen molar-refractivity contribution in [3.05, 3.63) is 30.1 Å². The molecule has 1 aromatic rings. The number of nitrogens with zero attached hydrogens (tertiary/aromatic N) is 1. The Balaban J connectivity index is 2.48. The second-order valence-corrected chi connectivity index (χ2v) is 2.89. The quantitative estimate of drug-likeness (QED) is 0.764. The van der Waals surface area contributed by atoms with Crippen LogP contribution in [0.1, 0.15) is 18.9 Å². The fourth-order valence-electron chi connectivity index (χ4n) is 1.05. The van der Waals surface area contributed by atoms with E-state index >= 15 is 0 Å². The average molecular weight is 207 g/mol. The molecule has 0 saturated heterocycles. The van der Waals surface area contributed by atoms with Crippen LogP contribution in [0, 0.1) is 0 Å². The van der Waals surface area contributed by atoms with Crippen LogP contribution in [0.4, 0.5) is 0 Å². The van der Waals surface area contributed by atoms with Gasteiger partial charge in [0.1, 0.15) is 5.75 Å². The molecule has 1 N–H and O–H groups in total. The minimum atomic E-state index is -0.262. The van der Waals surface area contributed by atoms with Crippen molar-refractivity contribution in [1.29, 1.82) is 0 Å². The molecule has 0 aliphatic heterocycles. The third-order valence-corrected chi connectivity index (χ3v) is 1.65. The van der Waals surface area contributed by atoms with E-state index in [1.54, 1.807) is 31.3 Å². The SMILES string of the molecule is CCOC(=O)CC=Cc1cncc(O)c1. The summed E-state index contributed by atoms with van der Waals surface area (Å²) in [7, 11) is 0. The molecule has 0 radical (unpaired) electrons. The van der Waals surface area contributed by atoms with E-state index in [2.05, 4.69) is 4.98 Å². The maximum Gasteiger partial charge on any atom is 0.309 e. The van der Waals surface area contributed by atoms with Crippen molar-refractivity contribution < 1.29 is 14.6 Å². The van der Waals surface area contributed by atoms with Crippen molar-refractivity contribution in [2.24, 2.45) is 0 Å². The Hall–Kier alpha value is -1.84. The zero-order chi connectivity index (χ0) is 11.1. The molecule has 0 fully saturated rings. The Morgan fingerprint density at radius 3 is 3.07 bits per heavy atom. The fraction of sp³-hybridized carbons (Fsp3) is 0.273. The normalized spacial score (nSPS) is 10.5. The standard InChI is InChI=1S/C11H13NO3/c1-2-15-11(14)5-3-4-9-6-10(13)8-12-7-9/h3-4,6-8,13H,2,5H2,1H3. The van der Waals surface area contributed by atoms with Gasteiger partial charge in [-0.15, -0.1) is 0 Å². The van der Waals surface area contributed by atoms with Crippen LogP contribution in [0.15, 0.2) is 24.5 Å². The third kappa shape index (κ3) is 4.26. The summed E-state index contributed by atoms with van der Waals surface area (Å²) >= 11 is 0. The number of ether oxygens (including phenoxy) is 1. The number of carbonyl (C=O) groups excluding carboxylic acids is 1. The van der Waals surface area contributed by atoms with E-state index in [4.69, 9.17) is 9.84 Å². The zero-order valence-electron chi connectivity index (χ0n) is 8.51. The van der Waals surface area contributed by atoms with Gasteiger partial charge >= 0.3 is 5.97 Å². The van der Waals surface area contributed by atoms with Crippen molar-refractivity contribution >= 4 is 12.0 Å². The number of pyridine rings is 1. The third-order valence-electron chi connectivity index (χ3n) is 1.65.